The Labute approximate surface area is 118 Å². The molecule has 2 atom stereocenters. The molecule has 1 N–H and O–H groups in total. The van der Waals surface area contributed by atoms with Gasteiger partial charge in [-0.1, -0.05) is 31.2 Å². The molecule has 2 nitrogen and oxygen atoms in total. The highest BCUT2D eigenvalue weighted by atomic mass is 19.1. The number of halogens is 1. The summed E-state index contributed by atoms with van der Waals surface area (Å²) in [7, 11) is 0. The minimum atomic E-state index is -1.19. The van der Waals surface area contributed by atoms with Crippen molar-refractivity contribution in [1.29, 1.82) is 0 Å². The van der Waals surface area contributed by atoms with Gasteiger partial charge in [-0.2, -0.15) is 0 Å². The van der Waals surface area contributed by atoms with Crippen molar-refractivity contribution in [3.8, 4) is 0 Å². The number of aryl methyl sites for hydroxylation is 1. The summed E-state index contributed by atoms with van der Waals surface area (Å²) in [6, 6.07) is 10.5. The number of nitrogens with zero attached hydrogens (tertiary/aromatic N) is 1. The molecular formula is C17H18FNO. The lowest BCUT2D eigenvalue weighted by molar-refractivity contribution is -0.00107. The van der Waals surface area contributed by atoms with Crippen LogP contribution in [0.25, 0.3) is 0 Å². The van der Waals surface area contributed by atoms with E-state index < -0.39 is 5.60 Å². The highest BCUT2D eigenvalue weighted by Crippen LogP contribution is 2.46. The van der Waals surface area contributed by atoms with Crippen molar-refractivity contribution < 1.29 is 9.50 Å². The third kappa shape index (κ3) is 1.93. The molecule has 0 saturated carbocycles. The third-order valence-electron chi connectivity index (χ3n) is 4.41. The van der Waals surface area contributed by atoms with E-state index in [0.717, 1.165) is 18.5 Å². The van der Waals surface area contributed by atoms with Crippen LogP contribution in [0.1, 0.15) is 42.5 Å². The van der Waals surface area contributed by atoms with Crippen LogP contribution in [0.5, 0.6) is 0 Å². The zero-order valence-corrected chi connectivity index (χ0v) is 11.5. The maximum absolute atomic E-state index is 14.1. The molecule has 0 radical (unpaired) electrons. The van der Waals surface area contributed by atoms with E-state index >= 15 is 0 Å². The van der Waals surface area contributed by atoms with Crippen LogP contribution in [0.4, 0.5) is 4.39 Å². The summed E-state index contributed by atoms with van der Waals surface area (Å²) < 4.78 is 14.1. The third-order valence-corrected chi connectivity index (χ3v) is 4.41. The van der Waals surface area contributed by atoms with E-state index in [1.165, 1.54) is 11.6 Å². The summed E-state index contributed by atoms with van der Waals surface area (Å²) in [4.78, 5) is 4.43. The zero-order chi connectivity index (χ0) is 14.2. The van der Waals surface area contributed by atoms with Gasteiger partial charge in [-0.05, 0) is 37.0 Å². The van der Waals surface area contributed by atoms with Crippen LogP contribution in [0.3, 0.4) is 0 Å². The quantitative estimate of drug-likeness (QED) is 0.926. The minimum Gasteiger partial charge on any atom is -0.384 e. The predicted octanol–water partition coefficient (Wildman–Crippen LogP) is 3.55. The Morgan fingerprint density at radius 3 is 2.85 bits per heavy atom. The Balaban J connectivity index is 2.09. The van der Waals surface area contributed by atoms with Crippen LogP contribution in [-0.2, 0) is 12.0 Å². The molecule has 0 fully saturated rings. The molecule has 0 saturated heterocycles. The van der Waals surface area contributed by atoms with Crippen LogP contribution < -0.4 is 0 Å². The highest BCUT2D eigenvalue weighted by molar-refractivity contribution is 5.36. The maximum atomic E-state index is 14.1. The number of hydrogen-bond donors (Lipinski definition) is 1. The minimum absolute atomic E-state index is 0.138. The van der Waals surface area contributed by atoms with Gasteiger partial charge in [0, 0.05) is 23.4 Å². The highest BCUT2D eigenvalue weighted by Gasteiger charge is 2.43. The Kier molecular flexibility index (Phi) is 3.30. The molecule has 2 aromatic rings. The van der Waals surface area contributed by atoms with Gasteiger partial charge in [-0.15, -0.1) is 0 Å². The SMILES string of the molecule is CCC(O)(c1ccccc1F)C1CCc2cccnc21. The van der Waals surface area contributed by atoms with Crippen molar-refractivity contribution >= 4 is 0 Å². The van der Waals surface area contributed by atoms with Gasteiger partial charge in [0.05, 0.1) is 0 Å². The molecule has 1 aliphatic carbocycles. The van der Waals surface area contributed by atoms with Gasteiger partial charge in [-0.3, -0.25) is 4.98 Å². The maximum Gasteiger partial charge on any atom is 0.129 e. The molecule has 0 spiro atoms. The summed E-state index contributed by atoms with van der Waals surface area (Å²) in [5.74, 6) is -0.484. The van der Waals surface area contributed by atoms with E-state index in [0.29, 0.717) is 12.0 Å². The first-order valence-corrected chi connectivity index (χ1v) is 7.08. The molecule has 0 aliphatic heterocycles. The smallest absolute Gasteiger partial charge is 0.129 e. The number of aliphatic hydroxyl groups is 1. The summed E-state index contributed by atoms with van der Waals surface area (Å²) in [6.45, 7) is 1.90. The number of benzene rings is 1. The van der Waals surface area contributed by atoms with Gasteiger partial charge < -0.3 is 5.11 Å². The van der Waals surface area contributed by atoms with E-state index in [-0.39, 0.29) is 11.7 Å². The molecule has 1 heterocycles. The molecule has 1 aromatic carbocycles. The average Bonchev–Trinajstić information content (AvgIpc) is 2.91. The monoisotopic (exact) mass is 271 g/mol. The first kappa shape index (κ1) is 13.3. The van der Waals surface area contributed by atoms with Gasteiger partial charge in [0.15, 0.2) is 0 Å². The number of fused-ring (bicyclic) bond motifs is 1. The van der Waals surface area contributed by atoms with Crippen molar-refractivity contribution in [2.75, 3.05) is 0 Å². The first-order chi connectivity index (χ1) is 9.66. The summed E-state index contributed by atoms with van der Waals surface area (Å²) in [6.07, 6.45) is 3.92. The Bertz CT molecular complexity index is 628. The van der Waals surface area contributed by atoms with Crippen LogP contribution >= 0.6 is 0 Å². The summed E-state index contributed by atoms with van der Waals surface area (Å²) in [5.41, 5.74) is 1.28. The van der Waals surface area contributed by atoms with Crippen molar-refractivity contribution in [1.82, 2.24) is 4.98 Å². The van der Waals surface area contributed by atoms with Crippen molar-refractivity contribution in [2.24, 2.45) is 0 Å². The second-order valence-corrected chi connectivity index (χ2v) is 5.40. The van der Waals surface area contributed by atoms with Gasteiger partial charge >= 0.3 is 0 Å². The Morgan fingerprint density at radius 1 is 1.30 bits per heavy atom. The molecule has 1 aromatic heterocycles. The van der Waals surface area contributed by atoms with E-state index in [4.69, 9.17) is 0 Å². The van der Waals surface area contributed by atoms with Gasteiger partial charge in [0.25, 0.3) is 0 Å². The van der Waals surface area contributed by atoms with Crippen molar-refractivity contribution in [3.05, 3.63) is 65.2 Å². The van der Waals surface area contributed by atoms with Crippen LogP contribution in [0.2, 0.25) is 0 Å². The first-order valence-electron chi connectivity index (χ1n) is 7.08. The fourth-order valence-electron chi connectivity index (χ4n) is 3.31. The molecule has 0 amide bonds. The molecule has 104 valence electrons. The summed E-state index contributed by atoms with van der Waals surface area (Å²) >= 11 is 0. The largest absolute Gasteiger partial charge is 0.384 e. The molecule has 3 rings (SSSR count). The molecule has 1 aliphatic rings. The number of rotatable bonds is 3. The molecule has 0 bridgehead atoms. The molecule has 2 unspecified atom stereocenters. The Morgan fingerprint density at radius 2 is 2.10 bits per heavy atom. The summed E-state index contributed by atoms with van der Waals surface area (Å²) in [5, 5.41) is 11.1. The van der Waals surface area contributed by atoms with Crippen molar-refractivity contribution in [2.45, 2.75) is 37.7 Å². The normalized spacial score (nSPS) is 20.4. The van der Waals surface area contributed by atoms with Gasteiger partial charge in [0.2, 0.25) is 0 Å². The molecular weight excluding hydrogens is 253 g/mol. The number of aromatic nitrogens is 1. The van der Waals surface area contributed by atoms with Gasteiger partial charge in [-0.25, -0.2) is 4.39 Å². The van der Waals surface area contributed by atoms with Crippen molar-refractivity contribution in [3.63, 3.8) is 0 Å². The molecule has 20 heavy (non-hydrogen) atoms. The lowest BCUT2D eigenvalue weighted by Crippen LogP contribution is -2.33. The lowest BCUT2D eigenvalue weighted by Gasteiger charge is -2.34. The topological polar surface area (TPSA) is 33.1 Å². The zero-order valence-electron chi connectivity index (χ0n) is 11.5. The lowest BCUT2D eigenvalue weighted by atomic mass is 9.77. The van der Waals surface area contributed by atoms with E-state index in [1.54, 1.807) is 24.4 Å². The fourth-order valence-corrected chi connectivity index (χ4v) is 3.31. The molecule has 3 heteroatoms. The van der Waals surface area contributed by atoms with Crippen LogP contribution in [0.15, 0.2) is 42.6 Å². The number of hydrogen-bond acceptors (Lipinski definition) is 2. The second kappa shape index (κ2) is 4.98. The fraction of sp³-hybridized carbons (Fsp3) is 0.353. The number of pyridine rings is 1. The van der Waals surface area contributed by atoms with Crippen LogP contribution in [0, 0.1) is 5.82 Å². The van der Waals surface area contributed by atoms with E-state index in [1.807, 2.05) is 19.1 Å². The van der Waals surface area contributed by atoms with E-state index in [9.17, 15) is 9.50 Å². The predicted molar refractivity (Wildman–Crippen MR) is 75.9 cm³/mol. The Hall–Kier alpha value is -1.74. The van der Waals surface area contributed by atoms with E-state index in [2.05, 4.69) is 4.98 Å². The van der Waals surface area contributed by atoms with Crippen LogP contribution in [-0.4, -0.2) is 10.1 Å². The standard InChI is InChI=1S/C17H18FNO/c1-2-17(20,13-7-3-4-8-15(13)18)14-10-9-12-6-5-11-19-16(12)14/h3-8,11,14,20H,2,9-10H2,1H3. The second-order valence-electron chi connectivity index (χ2n) is 5.40. The average molecular weight is 271 g/mol. The van der Waals surface area contributed by atoms with Gasteiger partial charge in [0.1, 0.15) is 11.4 Å².